The molecule has 0 heterocycles. The van der Waals surface area contributed by atoms with Crippen LogP contribution in [-0.2, 0) is 4.79 Å². The highest BCUT2D eigenvalue weighted by atomic mass is 16.3. The highest BCUT2D eigenvalue weighted by molar-refractivity contribution is 6.23. The molecule has 0 spiro atoms. The number of carbonyl (C=O) groups is 1. The van der Waals surface area contributed by atoms with Crippen LogP contribution in [0.25, 0.3) is 0 Å². The van der Waals surface area contributed by atoms with E-state index in [-0.39, 0.29) is 22.9 Å². The Morgan fingerprint density at radius 3 is 2.33 bits per heavy atom. The smallest absolute Gasteiger partial charge is 0.206 e. The van der Waals surface area contributed by atoms with E-state index in [0.717, 1.165) is 0 Å². The van der Waals surface area contributed by atoms with Crippen LogP contribution in [0.5, 0.6) is 5.75 Å². The standard InChI is InChI=1S/C13H13N3O2/c1-7-6-10(11(14)12(15)13(7)18)16-8-2-4-9(17)5-3-8/h2-6,17H,14-15H2,1H3/b16-10-. The number of ketones is 1. The molecule has 1 aromatic carbocycles. The largest absolute Gasteiger partial charge is 0.508 e. The van der Waals surface area contributed by atoms with Crippen LogP contribution in [0, 0.1) is 0 Å². The van der Waals surface area contributed by atoms with Gasteiger partial charge in [-0.2, -0.15) is 0 Å². The second kappa shape index (κ2) is 4.37. The van der Waals surface area contributed by atoms with E-state index in [0.29, 0.717) is 17.0 Å². The third-order valence-corrected chi connectivity index (χ3v) is 2.62. The van der Waals surface area contributed by atoms with E-state index in [4.69, 9.17) is 11.5 Å². The zero-order chi connectivity index (χ0) is 13.3. The maximum Gasteiger partial charge on any atom is 0.206 e. The average Bonchev–Trinajstić information content (AvgIpc) is 2.36. The van der Waals surface area contributed by atoms with E-state index < -0.39 is 0 Å². The minimum Gasteiger partial charge on any atom is -0.508 e. The maximum atomic E-state index is 11.6. The van der Waals surface area contributed by atoms with Gasteiger partial charge in [-0.05, 0) is 37.3 Å². The molecule has 5 nitrogen and oxygen atoms in total. The summed E-state index contributed by atoms with van der Waals surface area (Å²) in [6, 6.07) is 6.33. The molecule has 0 atom stereocenters. The van der Waals surface area contributed by atoms with E-state index in [1.54, 1.807) is 25.1 Å². The number of aromatic hydroxyl groups is 1. The van der Waals surface area contributed by atoms with E-state index >= 15 is 0 Å². The number of Topliss-reactive ketones (excluding diaryl/α,β-unsaturated/α-hetero) is 1. The lowest BCUT2D eigenvalue weighted by atomic mass is 9.99. The highest BCUT2D eigenvalue weighted by Crippen LogP contribution is 2.20. The van der Waals surface area contributed by atoms with Crippen molar-refractivity contribution >= 4 is 17.2 Å². The summed E-state index contributed by atoms with van der Waals surface area (Å²) in [5.41, 5.74) is 13.2. The SMILES string of the molecule is CC1=C/C(=N/c2ccc(O)cc2)C(N)=C(N)C1=O. The molecule has 0 aliphatic heterocycles. The topological polar surface area (TPSA) is 102 Å². The van der Waals surface area contributed by atoms with Crippen molar-refractivity contribution in [2.45, 2.75) is 6.92 Å². The van der Waals surface area contributed by atoms with E-state index in [2.05, 4.69) is 4.99 Å². The molecule has 5 heteroatoms. The number of benzene rings is 1. The first-order chi connectivity index (χ1) is 8.49. The Kier molecular flexibility index (Phi) is 2.89. The summed E-state index contributed by atoms with van der Waals surface area (Å²) in [4.78, 5) is 15.8. The molecule has 1 aliphatic carbocycles. The number of carbonyl (C=O) groups excluding carboxylic acids is 1. The van der Waals surface area contributed by atoms with Crippen molar-refractivity contribution in [2.24, 2.45) is 16.5 Å². The van der Waals surface area contributed by atoms with Crippen LogP contribution in [-0.4, -0.2) is 16.6 Å². The predicted molar refractivity (Wildman–Crippen MR) is 69.4 cm³/mol. The third kappa shape index (κ3) is 2.10. The first-order valence-corrected chi connectivity index (χ1v) is 5.35. The molecule has 0 radical (unpaired) electrons. The minimum atomic E-state index is -0.267. The number of nitrogens with two attached hydrogens (primary N) is 2. The number of rotatable bonds is 1. The molecular weight excluding hydrogens is 230 g/mol. The van der Waals surface area contributed by atoms with E-state index in [9.17, 15) is 9.90 Å². The van der Waals surface area contributed by atoms with Crippen LogP contribution in [0.3, 0.4) is 0 Å². The Bertz CT molecular complexity index is 595. The summed E-state index contributed by atoms with van der Waals surface area (Å²) >= 11 is 0. The van der Waals surface area contributed by atoms with Gasteiger partial charge in [0, 0.05) is 5.57 Å². The van der Waals surface area contributed by atoms with E-state index in [1.807, 2.05) is 0 Å². The van der Waals surface area contributed by atoms with Gasteiger partial charge in [0.2, 0.25) is 5.78 Å². The van der Waals surface area contributed by atoms with Gasteiger partial charge >= 0.3 is 0 Å². The van der Waals surface area contributed by atoms with Gasteiger partial charge in [-0.25, -0.2) is 4.99 Å². The summed E-state index contributed by atoms with van der Waals surface area (Å²) < 4.78 is 0. The van der Waals surface area contributed by atoms with Gasteiger partial charge in [0.1, 0.15) is 11.4 Å². The number of aliphatic imine (C=N–C) groups is 1. The van der Waals surface area contributed by atoms with Crippen LogP contribution in [0.4, 0.5) is 5.69 Å². The number of phenolic OH excluding ortho intramolecular Hbond substituents is 1. The molecule has 1 aromatic rings. The van der Waals surface area contributed by atoms with Gasteiger partial charge in [0.25, 0.3) is 0 Å². The second-order valence-corrected chi connectivity index (χ2v) is 4.00. The number of nitrogens with zero attached hydrogens (tertiary/aromatic N) is 1. The molecule has 2 rings (SSSR count). The van der Waals surface area contributed by atoms with Crippen LogP contribution in [0.1, 0.15) is 6.92 Å². The normalized spacial score (nSPS) is 18.2. The first kappa shape index (κ1) is 11.9. The average molecular weight is 243 g/mol. The van der Waals surface area contributed by atoms with Crippen molar-refractivity contribution in [2.75, 3.05) is 0 Å². The molecule has 0 saturated heterocycles. The molecule has 1 aliphatic rings. The number of allylic oxidation sites excluding steroid dienone is 2. The quantitative estimate of drug-likeness (QED) is 0.643. The van der Waals surface area contributed by atoms with Crippen molar-refractivity contribution in [3.63, 3.8) is 0 Å². The third-order valence-electron chi connectivity index (χ3n) is 2.62. The fraction of sp³-hybridized carbons (Fsp3) is 0.0769. The molecule has 0 saturated carbocycles. The lowest BCUT2D eigenvalue weighted by molar-refractivity contribution is -0.112. The molecule has 92 valence electrons. The highest BCUT2D eigenvalue weighted by Gasteiger charge is 2.20. The molecule has 0 amide bonds. The van der Waals surface area contributed by atoms with Gasteiger partial charge in [-0.15, -0.1) is 0 Å². The molecule has 0 unspecified atom stereocenters. The monoisotopic (exact) mass is 243 g/mol. The molecule has 0 aromatic heterocycles. The summed E-state index contributed by atoms with van der Waals surface area (Å²) in [6.07, 6.45) is 1.60. The fourth-order valence-corrected chi connectivity index (χ4v) is 1.58. The second-order valence-electron chi connectivity index (χ2n) is 4.00. The summed E-state index contributed by atoms with van der Waals surface area (Å²) in [5.74, 6) is -0.107. The van der Waals surface area contributed by atoms with Gasteiger partial charge in [-0.3, -0.25) is 4.79 Å². The molecule has 0 fully saturated rings. The molecule has 0 bridgehead atoms. The fourth-order valence-electron chi connectivity index (χ4n) is 1.58. The van der Waals surface area contributed by atoms with Crippen molar-refractivity contribution in [3.05, 3.63) is 47.3 Å². The Labute approximate surface area is 104 Å². The Balaban J connectivity index is 2.45. The minimum absolute atomic E-state index is 0.0209. The van der Waals surface area contributed by atoms with Crippen LogP contribution in [0.15, 0.2) is 52.3 Å². The van der Waals surface area contributed by atoms with Gasteiger partial charge < -0.3 is 16.6 Å². The molecule has 18 heavy (non-hydrogen) atoms. The van der Waals surface area contributed by atoms with E-state index in [1.165, 1.54) is 12.1 Å². The molecular formula is C13H13N3O2. The van der Waals surface area contributed by atoms with Crippen LogP contribution >= 0.6 is 0 Å². The van der Waals surface area contributed by atoms with Gasteiger partial charge in [0.15, 0.2) is 0 Å². The zero-order valence-electron chi connectivity index (χ0n) is 9.84. The predicted octanol–water partition coefficient (Wildman–Crippen LogP) is 1.12. The Hall–Kier alpha value is -2.56. The lowest BCUT2D eigenvalue weighted by Crippen LogP contribution is -2.27. The number of hydrogen-bond donors (Lipinski definition) is 3. The summed E-state index contributed by atoms with van der Waals surface area (Å²) in [6.45, 7) is 1.66. The van der Waals surface area contributed by atoms with Gasteiger partial charge in [-0.1, -0.05) is 0 Å². The maximum absolute atomic E-state index is 11.6. The van der Waals surface area contributed by atoms with Crippen LogP contribution in [0.2, 0.25) is 0 Å². The van der Waals surface area contributed by atoms with Crippen molar-refractivity contribution < 1.29 is 9.90 Å². The Morgan fingerprint density at radius 1 is 1.11 bits per heavy atom. The lowest BCUT2D eigenvalue weighted by Gasteiger charge is -2.13. The Morgan fingerprint density at radius 2 is 1.72 bits per heavy atom. The first-order valence-electron chi connectivity index (χ1n) is 5.35. The summed E-state index contributed by atoms with van der Waals surface area (Å²) in [5, 5.41) is 9.17. The molecule has 5 N–H and O–H groups in total. The van der Waals surface area contributed by atoms with Gasteiger partial charge in [0.05, 0.1) is 17.1 Å². The van der Waals surface area contributed by atoms with Crippen molar-refractivity contribution in [3.8, 4) is 5.75 Å². The zero-order valence-corrected chi connectivity index (χ0v) is 9.84. The van der Waals surface area contributed by atoms with Crippen LogP contribution < -0.4 is 11.5 Å². The van der Waals surface area contributed by atoms with Crippen molar-refractivity contribution in [1.29, 1.82) is 0 Å². The number of phenols is 1. The van der Waals surface area contributed by atoms with Crippen molar-refractivity contribution in [1.82, 2.24) is 0 Å². The summed E-state index contributed by atoms with van der Waals surface area (Å²) in [7, 11) is 0. The number of hydrogen-bond acceptors (Lipinski definition) is 5.